The van der Waals surface area contributed by atoms with Gasteiger partial charge >= 0.3 is 11.9 Å². The summed E-state index contributed by atoms with van der Waals surface area (Å²) in [5.41, 5.74) is 2.31. The molecule has 1 saturated heterocycles. The number of nitrogens with one attached hydrogen (secondary N) is 1. The van der Waals surface area contributed by atoms with Gasteiger partial charge in [0.15, 0.2) is 0 Å². The summed E-state index contributed by atoms with van der Waals surface area (Å²) < 4.78 is 26.5. The standard InChI is InChI=1S/C22H31N3O3S.C2H2O4/c26-22(23-13-11-20-7-3-1-4-8-20)19-24-14-16-25(17-15-24)29(27,28)18-12-21-9-5-2-6-10-21;3-1(4)2(5)6/h2,5-7,9-10,12,18H,1,3-4,8,11,13-17,19H2,(H,23,26);(H,3,4)(H,5,6)/b18-12+;. The van der Waals surface area contributed by atoms with Gasteiger partial charge < -0.3 is 15.5 Å². The van der Waals surface area contributed by atoms with Gasteiger partial charge in [-0.3, -0.25) is 9.69 Å². The van der Waals surface area contributed by atoms with E-state index in [4.69, 9.17) is 19.8 Å². The number of hydrogen-bond donors (Lipinski definition) is 3. The van der Waals surface area contributed by atoms with Crippen molar-refractivity contribution in [3.8, 4) is 0 Å². The third-order valence-electron chi connectivity index (χ3n) is 5.63. The number of carboxylic acids is 2. The molecule has 0 atom stereocenters. The van der Waals surface area contributed by atoms with Crippen LogP contribution in [-0.2, 0) is 24.4 Å². The Bertz CT molecular complexity index is 1000. The van der Waals surface area contributed by atoms with Crippen molar-refractivity contribution in [1.29, 1.82) is 0 Å². The second-order valence-electron chi connectivity index (χ2n) is 8.25. The van der Waals surface area contributed by atoms with E-state index >= 15 is 0 Å². The van der Waals surface area contributed by atoms with Gasteiger partial charge in [0.25, 0.3) is 0 Å². The highest BCUT2D eigenvalue weighted by molar-refractivity contribution is 7.92. The van der Waals surface area contributed by atoms with Crippen molar-refractivity contribution in [2.24, 2.45) is 0 Å². The molecule has 192 valence electrons. The van der Waals surface area contributed by atoms with Crippen LogP contribution >= 0.6 is 0 Å². The number of allylic oxidation sites excluding steroid dienone is 1. The van der Waals surface area contributed by atoms with Crippen LogP contribution in [0.25, 0.3) is 6.08 Å². The molecule has 1 fully saturated rings. The lowest BCUT2D eigenvalue weighted by atomic mass is 9.97. The molecule has 0 unspecified atom stereocenters. The molecule has 0 aromatic heterocycles. The summed E-state index contributed by atoms with van der Waals surface area (Å²) >= 11 is 0. The molecule has 3 N–H and O–H groups in total. The third-order valence-corrected chi connectivity index (χ3v) is 7.19. The lowest BCUT2D eigenvalue weighted by Crippen LogP contribution is -2.50. The van der Waals surface area contributed by atoms with E-state index in [-0.39, 0.29) is 5.91 Å². The highest BCUT2D eigenvalue weighted by Gasteiger charge is 2.25. The fraction of sp³-hybridized carbons (Fsp3) is 0.458. The number of sulfonamides is 1. The van der Waals surface area contributed by atoms with Crippen molar-refractivity contribution in [2.75, 3.05) is 39.3 Å². The lowest BCUT2D eigenvalue weighted by Gasteiger charge is -2.32. The van der Waals surface area contributed by atoms with Crippen molar-refractivity contribution in [3.63, 3.8) is 0 Å². The predicted molar refractivity (Wildman–Crippen MR) is 132 cm³/mol. The fourth-order valence-electron chi connectivity index (χ4n) is 3.71. The van der Waals surface area contributed by atoms with E-state index in [1.165, 1.54) is 28.1 Å². The SMILES string of the molecule is O=C(CN1CCN(S(=O)(=O)/C=C/c2ccccc2)CC1)NCCC1=CCCCC1.O=C(O)C(=O)O. The number of aliphatic carboxylic acids is 2. The van der Waals surface area contributed by atoms with Gasteiger partial charge in [0.1, 0.15) is 0 Å². The van der Waals surface area contributed by atoms with Gasteiger partial charge in [0, 0.05) is 38.1 Å². The Morgan fingerprint density at radius 1 is 0.971 bits per heavy atom. The summed E-state index contributed by atoms with van der Waals surface area (Å²) in [4.78, 5) is 32.4. The number of nitrogens with zero attached hydrogens (tertiary/aromatic N) is 2. The number of carbonyl (C=O) groups is 3. The van der Waals surface area contributed by atoms with Crippen molar-refractivity contribution in [2.45, 2.75) is 32.1 Å². The van der Waals surface area contributed by atoms with Gasteiger partial charge in [-0.25, -0.2) is 18.0 Å². The van der Waals surface area contributed by atoms with E-state index in [2.05, 4.69) is 11.4 Å². The largest absolute Gasteiger partial charge is 0.473 e. The Morgan fingerprint density at radius 2 is 1.63 bits per heavy atom. The highest BCUT2D eigenvalue weighted by atomic mass is 32.2. The van der Waals surface area contributed by atoms with Gasteiger partial charge in [-0.15, -0.1) is 0 Å². The van der Waals surface area contributed by atoms with Crippen LogP contribution in [0.1, 0.15) is 37.7 Å². The average Bonchev–Trinajstić information content (AvgIpc) is 2.85. The fourth-order valence-corrected chi connectivity index (χ4v) is 4.88. The Balaban J connectivity index is 0.000000641. The van der Waals surface area contributed by atoms with E-state index in [0.717, 1.165) is 24.8 Å². The van der Waals surface area contributed by atoms with E-state index in [9.17, 15) is 13.2 Å². The van der Waals surface area contributed by atoms with Crippen LogP contribution in [0.15, 0.2) is 47.4 Å². The number of carboxylic acid groups (broad SMARTS) is 2. The molecule has 0 spiro atoms. The van der Waals surface area contributed by atoms with Gasteiger partial charge in [-0.05, 0) is 43.7 Å². The van der Waals surface area contributed by atoms with E-state index in [1.807, 2.05) is 35.2 Å². The minimum absolute atomic E-state index is 0.0155. The number of benzene rings is 1. The van der Waals surface area contributed by atoms with Crippen LogP contribution < -0.4 is 5.32 Å². The summed E-state index contributed by atoms with van der Waals surface area (Å²) in [5.74, 6) is -3.63. The molecule has 1 aliphatic heterocycles. The summed E-state index contributed by atoms with van der Waals surface area (Å²) in [6.07, 6.45) is 9.72. The number of hydrogen-bond acceptors (Lipinski definition) is 6. The topological polar surface area (TPSA) is 144 Å². The number of piperazine rings is 1. The minimum Gasteiger partial charge on any atom is -0.473 e. The normalized spacial score (nSPS) is 17.2. The summed E-state index contributed by atoms with van der Waals surface area (Å²) in [5, 5.41) is 19.0. The molecule has 2 aliphatic rings. The molecule has 11 heteroatoms. The zero-order valence-electron chi connectivity index (χ0n) is 19.6. The Kier molecular flexibility index (Phi) is 11.6. The first-order valence-electron chi connectivity index (χ1n) is 11.5. The molecule has 35 heavy (non-hydrogen) atoms. The lowest BCUT2D eigenvalue weighted by molar-refractivity contribution is -0.159. The molecule has 1 aromatic carbocycles. The van der Waals surface area contributed by atoms with Gasteiger partial charge in [0.05, 0.1) is 6.54 Å². The predicted octanol–water partition coefficient (Wildman–Crippen LogP) is 1.77. The second-order valence-corrected chi connectivity index (χ2v) is 10.1. The molecular weight excluding hydrogens is 474 g/mol. The monoisotopic (exact) mass is 507 g/mol. The molecular formula is C24H33N3O7S. The zero-order valence-corrected chi connectivity index (χ0v) is 20.5. The quantitative estimate of drug-likeness (QED) is 0.357. The first-order valence-corrected chi connectivity index (χ1v) is 13.0. The molecule has 1 aromatic rings. The van der Waals surface area contributed by atoms with Gasteiger partial charge in [-0.2, -0.15) is 4.31 Å². The number of rotatable bonds is 8. The Hall–Kier alpha value is -3.02. The molecule has 10 nitrogen and oxygen atoms in total. The zero-order chi connectivity index (χ0) is 25.7. The maximum absolute atomic E-state index is 12.5. The summed E-state index contributed by atoms with van der Waals surface area (Å²) in [6, 6.07) is 9.39. The molecule has 0 bridgehead atoms. The van der Waals surface area contributed by atoms with E-state index in [1.54, 1.807) is 6.08 Å². The van der Waals surface area contributed by atoms with Crippen LogP contribution in [0, 0.1) is 0 Å². The highest BCUT2D eigenvalue weighted by Crippen LogP contribution is 2.19. The average molecular weight is 508 g/mol. The van der Waals surface area contributed by atoms with Crippen molar-refractivity contribution in [3.05, 3.63) is 53.0 Å². The first kappa shape index (κ1) is 28.2. The van der Waals surface area contributed by atoms with Crippen LogP contribution in [0.4, 0.5) is 0 Å². The summed E-state index contributed by atoms with van der Waals surface area (Å²) in [7, 11) is -3.44. The first-order chi connectivity index (χ1) is 16.7. The molecule has 0 saturated carbocycles. The number of amides is 1. The van der Waals surface area contributed by atoms with Crippen molar-refractivity contribution < 1.29 is 33.0 Å². The van der Waals surface area contributed by atoms with Crippen molar-refractivity contribution in [1.82, 2.24) is 14.5 Å². The Morgan fingerprint density at radius 3 is 2.20 bits per heavy atom. The number of carbonyl (C=O) groups excluding carboxylic acids is 1. The molecule has 3 rings (SSSR count). The maximum atomic E-state index is 12.5. The van der Waals surface area contributed by atoms with Crippen LogP contribution in [0.5, 0.6) is 0 Å². The molecule has 1 heterocycles. The summed E-state index contributed by atoms with van der Waals surface area (Å²) in [6.45, 7) is 2.95. The van der Waals surface area contributed by atoms with Crippen molar-refractivity contribution >= 4 is 33.9 Å². The van der Waals surface area contributed by atoms with E-state index in [0.29, 0.717) is 39.3 Å². The van der Waals surface area contributed by atoms with Gasteiger partial charge in [0.2, 0.25) is 15.9 Å². The third kappa shape index (κ3) is 10.8. The molecule has 1 amide bonds. The molecule has 1 aliphatic carbocycles. The Labute approximate surface area is 206 Å². The minimum atomic E-state index is -3.44. The van der Waals surface area contributed by atoms with E-state index < -0.39 is 22.0 Å². The van der Waals surface area contributed by atoms with Crippen LogP contribution in [-0.4, -0.2) is 85.0 Å². The van der Waals surface area contributed by atoms with Crippen LogP contribution in [0.3, 0.4) is 0 Å². The molecule has 0 radical (unpaired) electrons. The van der Waals surface area contributed by atoms with Crippen LogP contribution in [0.2, 0.25) is 0 Å². The second kappa shape index (κ2) is 14.4. The smallest absolute Gasteiger partial charge is 0.414 e. The van der Waals surface area contributed by atoms with Gasteiger partial charge in [-0.1, -0.05) is 42.0 Å². The maximum Gasteiger partial charge on any atom is 0.414 e.